The van der Waals surface area contributed by atoms with Gasteiger partial charge in [-0.25, -0.2) is 4.98 Å². The third kappa shape index (κ3) is 3.27. The molecule has 1 fully saturated rings. The van der Waals surface area contributed by atoms with Gasteiger partial charge in [0, 0.05) is 40.9 Å². The molecule has 0 saturated carbocycles. The zero-order valence-electron chi connectivity index (χ0n) is 18.1. The van der Waals surface area contributed by atoms with Gasteiger partial charge in [0.05, 0.1) is 17.8 Å². The molecule has 7 nitrogen and oxygen atoms in total. The first-order valence-corrected chi connectivity index (χ1v) is 11.9. The molecular formula is C24H21N5O2S2. The van der Waals surface area contributed by atoms with Crippen molar-refractivity contribution in [1.29, 1.82) is 0 Å². The average molecular weight is 476 g/mol. The van der Waals surface area contributed by atoms with Gasteiger partial charge in [0.25, 0.3) is 0 Å². The minimum absolute atomic E-state index is 0.104. The van der Waals surface area contributed by atoms with Crippen LogP contribution < -0.4 is 19.7 Å². The summed E-state index contributed by atoms with van der Waals surface area (Å²) in [5.74, 6) is 1.47. The van der Waals surface area contributed by atoms with Gasteiger partial charge in [-0.15, -0.1) is 11.3 Å². The molecule has 2 aliphatic heterocycles. The monoisotopic (exact) mass is 475 g/mol. The Hall–Kier alpha value is -3.43. The summed E-state index contributed by atoms with van der Waals surface area (Å²) in [7, 11) is 0. The fraction of sp³-hybridized carbons (Fsp3) is 0.208. The molecule has 4 aromatic rings. The molecule has 6 rings (SSSR count). The number of pyridine rings is 1. The number of nitrogens with one attached hydrogen (secondary N) is 1. The number of rotatable bonds is 4. The van der Waals surface area contributed by atoms with Crippen molar-refractivity contribution >= 4 is 34.4 Å². The van der Waals surface area contributed by atoms with Crippen molar-refractivity contribution in [3.63, 3.8) is 0 Å². The summed E-state index contributed by atoms with van der Waals surface area (Å²) in [5, 5.41) is 7.12. The third-order valence-electron chi connectivity index (χ3n) is 6.13. The Bertz CT molecular complexity index is 1340. The van der Waals surface area contributed by atoms with Crippen molar-refractivity contribution in [2.75, 3.05) is 11.7 Å². The predicted molar refractivity (Wildman–Crippen MR) is 131 cm³/mol. The van der Waals surface area contributed by atoms with Crippen molar-refractivity contribution in [1.82, 2.24) is 19.9 Å². The van der Waals surface area contributed by atoms with E-state index in [4.69, 9.17) is 21.7 Å². The van der Waals surface area contributed by atoms with Crippen LogP contribution >= 0.6 is 23.6 Å². The van der Waals surface area contributed by atoms with E-state index >= 15 is 0 Å². The van der Waals surface area contributed by atoms with Crippen LogP contribution in [-0.4, -0.2) is 26.4 Å². The van der Waals surface area contributed by atoms with Gasteiger partial charge in [-0.3, -0.25) is 9.55 Å². The first kappa shape index (κ1) is 20.2. The highest BCUT2D eigenvalue weighted by molar-refractivity contribution is 7.80. The Morgan fingerprint density at radius 3 is 2.73 bits per heavy atom. The van der Waals surface area contributed by atoms with Gasteiger partial charge in [0.1, 0.15) is 0 Å². The van der Waals surface area contributed by atoms with Gasteiger partial charge >= 0.3 is 0 Å². The van der Waals surface area contributed by atoms with Crippen molar-refractivity contribution in [2.24, 2.45) is 0 Å². The van der Waals surface area contributed by atoms with E-state index in [9.17, 15) is 0 Å². The molecule has 1 N–H and O–H groups in total. The molecule has 0 unspecified atom stereocenters. The molecule has 1 aromatic carbocycles. The minimum Gasteiger partial charge on any atom is -0.454 e. The van der Waals surface area contributed by atoms with E-state index < -0.39 is 0 Å². The summed E-state index contributed by atoms with van der Waals surface area (Å²) in [5.41, 5.74) is 5.31. The van der Waals surface area contributed by atoms with Crippen LogP contribution in [0.3, 0.4) is 0 Å². The van der Waals surface area contributed by atoms with E-state index in [0.717, 1.165) is 39.4 Å². The van der Waals surface area contributed by atoms with Crippen molar-refractivity contribution in [2.45, 2.75) is 25.9 Å². The number of benzene rings is 1. The molecule has 1 saturated heterocycles. The summed E-state index contributed by atoms with van der Waals surface area (Å²) >= 11 is 7.49. The van der Waals surface area contributed by atoms with Gasteiger partial charge in [-0.1, -0.05) is 6.07 Å². The number of anilines is 1. The number of hydrogen-bond donors (Lipinski definition) is 1. The molecule has 0 amide bonds. The first-order valence-electron chi connectivity index (χ1n) is 10.6. The maximum atomic E-state index is 5.87. The Morgan fingerprint density at radius 2 is 1.94 bits per heavy atom. The number of fused-ring (bicyclic) bond motifs is 1. The second-order valence-corrected chi connectivity index (χ2v) is 9.27. The van der Waals surface area contributed by atoms with E-state index in [-0.39, 0.29) is 18.9 Å². The first-order chi connectivity index (χ1) is 16.1. The molecule has 33 heavy (non-hydrogen) atoms. The molecule has 5 heterocycles. The molecule has 3 aromatic heterocycles. The summed E-state index contributed by atoms with van der Waals surface area (Å²) in [6, 6.07) is 13.9. The highest BCUT2D eigenvalue weighted by atomic mass is 32.1. The van der Waals surface area contributed by atoms with Gasteiger partial charge in [-0.2, -0.15) is 0 Å². The predicted octanol–water partition coefficient (Wildman–Crippen LogP) is 4.85. The second kappa shape index (κ2) is 7.86. The lowest BCUT2D eigenvalue weighted by atomic mass is 9.96. The summed E-state index contributed by atoms with van der Waals surface area (Å²) in [6.07, 6.45) is 3.65. The Balaban J connectivity index is 1.52. The van der Waals surface area contributed by atoms with Crippen LogP contribution in [0.25, 0.3) is 5.13 Å². The third-order valence-corrected chi connectivity index (χ3v) is 7.20. The molecule has 2 atom stereocenters. The largest absolute Gasteiger partial charge is 0.454 e. The van der Waals surface area contributed by atoms with E-state index in [2.05, 4.69) is 44.7 Å². The van der Waals surface area contributed by atoms with Crippen molar-refractivity contribution in [3.05, 3.63) is 82.9 Å². The van der Waals surface area contributed by atoms with Crippen LogP contribution in [0, 0.1) is 13.8 Å². The lowest BCUT2D eigenvalue weighted by Crippen LogP contribution is -2.29. The van der Waals surface area contributed by atoms with E-state index in [1.165, 1.54) is 5.56 Å². The standard InChI is InChI=1S/C24H21N5O2S2/c1-14-11-17(15(2)28(14)24-26-9-10-33-24)22-21(18-5-3-4-8-25-18)27-23(32)29(22)16-6-7-19-20(12-16)31-13-30-19/h3-12,21-22H,13H2,1-2H3,(H,27,32)/t21-,22+/m0/s1. The smallest absolute Gasteiger partial charge is 0.231 e. The molecule has 0 radical (unpaired) electrons. The van der Waals surface area contributed by atoms with Gasteiger partial charge < -0.3 is 19.7 Å². The maximum absolute atomic E-state index is 5.87. The molecular weight excluding hydrogens is 454 g/mol. The normalized spacial score (nSPS) is 19.2. The number of aromatic nitrogens is 3. The fourth-order valence-electron chi connectivity index (χ4n) is 4.69. The highest BCUT2D eigenvalue weighted by Crippen LogP contribution is 2.46. The number of ether oxygens (including phenoxy) is 2. The molecule has 166 valence electrons. The van der Waals surface area contributed by atoms with Crippen LogP contribution in [0.1, 0.15) is 34.7 Å². The van der Waals surface area contributed by atoms with Crippen LogP contribution in [0.2, 0.25) is 0 Å². The quantitative estimate of drug-likeness (QED) is 0.423. The number of thiocarbonyl (C=S) groups is 1. The van der Waals surface area contributed by atoms with Gasteiger partial charge in [0.2, 0.25) is 6.79 Å². The zero-order chi connectivity index (χ0) is 22.5. The Morgan fingerprint density at radius 1 is 1.06 bits per heavy atom. The lowest BCUT2D eigenvalue weighted by Gasteiger charge is -2.28. The minimum atomic E-state index is -0.116. The number of aryl methyl sites for hydroxylation is 1. The Labute approximate surface area is 200 Å². The lowest BCUT2D eigenvalue weighted by molar-refractivity contribution is 0.174. The molecule has 0 spiro atoms. The zero-order valence-corrected chi connectivity index (χ0v) is 19.7. The van der Waals surface area contributed by atoms with Gasteiger partial charge in [-0.05, 0) is 62.0 Å². The van der Waals surface area contributed by atoms with Crippen LogP contribution in [0.4, 0.5) is 5.69 Å². The van der Waals surface area contributed by atoms with E-state index in [1.54, 1.807) is 11.3 Å². The van der Waals surface area contributed by atoms with E-state index in [1.807, 2.05) is 54.2 Å². The average Bonchev–Trinajstić information content (AvgIpc) is 3.60. The summed E-state index contributed by atoms with van der Waals surface area (Å²) in [4.78, 5) is 11.4. The fourth-order valence-corrected chi connectivity index (χ4v) is 5.79. The summed E-state index contributed by atoms with van der Waals surface area (Å²) in [6.45, 7) is 4.48. The van der Waals surface area contributed by atoms with E-state index in [0.29, 0.717) is 5.11 Å². The maximum Gasteiger partial charge on any atom is 0.231 e. The highest BCUT2D eigenvalue weighted by Gasteiger charge is 2.42. The molecule has 2 aliphatic rings. The number of hydrogen-bond acceptors (Lipinski definition) is 6. The molecule has 0 bridgehead atoms. The molecule has 9 heteroatoms. The van der Waals surface area contributed by atoms with Crippen LogP contribution in [0.5, 0.6) is 11.5 Å². The van der Waals surface area contributed by atoms with Gasteiger partial charge in [0.15, 0.2) is 21.7 Å². The number of nitrogens with zero attached hydrogens (tertiary/aromatic N) is 4. The van der Waals surface area contributed by atoms with Crippen molar-refractivity contribution in [3.8, 4) is 16.6 Å². The SMILES string of the molecule is Cc1cc([C@@H]2[C@H](c3ccccn3)NC(=S)N2c2ccc3c(c2)OCO3)c(C)n1-c1nccs1. The second-order valence-electron chi connectivity index (χ2n) is 8.01. The molecule has 0 aliphatic carbocycles. The van der Waals surface area contributed by atoms with Crippen molar-refractivity contribution < 1.29 is 9.47 Å². The topological polar surface area (TPSA) is 64.4 Å². The Kier molecular flexibility index (Phi) is 4.81. The van der Waals surface area contributed by atoms with Crippen LogP contribution in [0.15, 0.2) is 60.2 Å². The van der Waals surface area contributed by atoms with Crippen LogP contribution in [-0.2, 0) is 0 Å². The summed E-state index contributed by atoms with van der Waals surface area (Å²) < 4.78 is 13.4. The number of thiazole rings is 1.